The molecule has 2 rings (SSSR count). The maximum atomic E-state index is 9.92. The summed E-state index contributed by atoms with van der Waals surface area (Å²) >= 11 is 5.99. The minimum Gasteiger partial charge on any atom is -0.508 e. The SMILES string of the molecule is CC1CCCN(C(C)(N)Cc2cc(Cl)ccc2O)C1. The molecule has 1 aliphatic heterocycles. The van der Waals surface area contributed by atoms with Gasteiger partial charge in [-0.25, -0.2) is 0 Å². The highest BCUT2D eigenvalue weighted by atomic mass is 35.5. The van der Waals surface area contributed by atoms with E-state index in [1.54, 1.807) is 18.2 Å². The molecule has 1 aromatic rings. The van der Waals surface area contributed by atoms with Crippen molar-refractivity contribution >= 4 is 11.6 Å². The van der Waals surface area contributed by atoms with Crippen molar-refractivity contribution in [3.8, 4) is 5.75 Å². The smallest absolute Gasteiger partial charge is 0.118 e. The zero-order valence-electron chi connectivity index (χ0n) is 11.7. The van der Waals surface area contributed by atoms with E-state index in [0.29, 0.717) is 17.4 Å². The molecule has 2 unspecified atom stereocenters. The fourth-order valence-corrected chi connectivity index (χ4v) is 3.04. The van der Waals surface area contributed by atoms with E-state index >= 15 is 0 Å². The molecule has 0 bridgehead atoms. The fourth-order valence-electron chi connectivity index (χ4n) is 2.85. The Morgan fingerprint density at radius 1 is 1.53 bits per heavy atom. The van der Waals surface area contributed by atoms with Gasteiger partial charge < -0.3 is 10.8 Å². The molecule has 1 aliphatic rings. The van der Waals surface area contributed by atoms with Crippen molar-refractivity contribution in [1.82, 2.24) is 4.90 Å². The third-order valence-electron chi connectivity index (χ3n) is 3.97. The number of aromatic hydroxyl groups is 1. The molecule has 3 nitrogen and oxygen atoms in total. The first-order valence-corrected chi connectivity index (χ1v) is 7.27. The second kappa shape index (κ2) is 5.70. The molecule has 1 heterocycles. The van der Waals surface area contributed by atoms with Gasteiger partial charge in [0, 0.05) is 18.0 Å². The van der Waals surface area contributed by atoms with Gasteiger partial charge >= 0.3 is 0 Å². The first kappa shape index (κ1) is 14.6. The summed E-state index contributed by atoms with van der Waals surface area (Å²) in [5, 5.41) is 10.6. The Labute approximate surface area is 120 Å². The Balaban J connectivity index is 2.13. The quantitative estimate of drug-likeness (QED) is 0.896. The summed E-state index contributed by atoms with van der Waals surface area (Å²) in [6.45, 7) is 6.34. The van der Waals surface area contributed by atoms with Crippen LogP contribution in [0.15, 0.2) is 18.2 Å². The summed E-state index contributed by atoms with van der Waals surface area (Å²) in [4.78, 5) is 2.32. The maximum absolute atomic E-state index is 9.92. The van der Waals surface area contributed by atoms with Crippen molar-refractivity contribution in [1.29, 1.82) is 0 Å². The van der Waals surface area contributed by atoms with Gasteiger partial charge in [-0.2, -0.15) is 0 Å². The minimum absolute atomic E-state index is 0.270. The van der Waals surface area contributed by atoms with Crippen LogP contribution in [0.5, 0.6) is 5.75 Å². The molecule has 4 heteroatoms. The number of nitrogens with zero attached hydrogens (tertiary/aromatic N) is 1. The number of likely N-dealkylation sites (tertiary alicyclic amines) is 1. The Hall–Kier alpha value is -0.770. The van der Waals surface area contributed by atoms with Crippen LogP contribution in [0.1, 0.15) is 32.3 Å². The van der Waals surface area contributed by atoms with Crippen LogP contribution < -0.4 is 5.73 Å². The average molecular weight is 283 g/mol. The van der Waals surface area contributed by atoms with Crippen LogP contribution in [-0.4, -0.2) is 28.8 Å². The Kier molecular flexibility index (Phi) is 4.39. The minimum atomic E-state index is -0.448. The molecule has 0 saturated carbocycles. The highest BCUT2D eigenvalue weighted by Gasteiger charge is 2.31. The van der Waals surface area contributed by atoms with Gasteiger partial charge in [-0.3, -0.25) is 4.90 Å². The lowest BCUT2D eigenvalue weighted by molar-refractivity contribution is 0.0623. The largest absolute Gasteiger partial charge is 0.508 e. The van der Waals surface area contributed by atoms with Gasteiger partial charge in [-0.15, -0.1) is 0 Å². The predicted octanol–water partition coefficient (Wildman–Crippen LogP) is 2.99. The molecule has 1 aromatic carbocycles. The lowest BCUT2D eigenvalue weighted by Crippen LogP contribution is -2.58. The molecule has 106 valence electrons. The monoisotopic (exact) mass is 282 g/mol. The summed E-state index contributed by atoms with van der Waals surface area (Å²) in [7, 11) is 0. The molecule has 19 heavy (non-hydrogen) atoms. The average Bonchev–Trinajstić information content (AvgIpc) is 2.33. The fraction of sp³-hybridized carbons (Fsp3) is 0.600. The first-order valence-electron chi connectivity index (χ1n) is 6.90. The molecule has 0 aromatic heterocycles. The molecule has 1 fully saturated rings. The molecule has 0 radical (unpaired) electrons. The number of rotatable bonds is 3. The number of nitrogens with two attached hydrogens (primary N) is 1. The first-order chi connectivity index (χ1) is 8.88. The molecule has 1 saturated heterocycles. The van der Waals surface area contributed by atoms with Gasteiger partial charge in [0.2, 0.25) is 0 Å². The van der Waals surface area contributed by atoms with E-state index in [1.807, 2.05) is 6.92 Å². The molecule has 2 atom stereocenters. The van der Waals surface area contributed by atoms with Crippen LogP contribution in [0.3, 0.4) is 0 Å². The lowest BCUT2D eigenvalue weighted by atomic mass is 9.93. The van der Waals surface area contributed by atoms with E-state index in [9.17, 15) is 5.11 Å². The molecule has 0 amide bonds. The van der Waals surface area contributed by atoms with Crippen LogP contribution in [0, 0.1) is 5.92 Å². The van der Waals surface area contributed by atoms with Gasteiger partial charge in [0.15, 0.2) is 0 Å². The third kappa shape index (κ3) is 3.62. The summed E-state index contributed by atoms with van der Waals surface area (Å²) in [5.74, 6) is 0.954. The maximum Gasteiger partial charge on any atom is 0.118 e. The number of benzene rings is 1. The van der Waals surface area contributed by atoms with Gasteiger partial charge in [0.1, 0.15) is 5.75 Å². The van der Waals surface area contributed by atoms with Crippen LogP contribution in [0.4, 0.5) is 0 Å². The molecule has 0 aliphatic carbocycles. The van der Waals surface area contributed by atoms with Crippen molar-refractivity contribution in [3.63, 3.8) is 0 Å². The van der Waals surface area contributed by atoms with Crippen molar-refractivity contribution in [2.24, 2.45) is 11.7 Å². The van der Waals surface area contributed by atoms with Crippen LogP contribution in [0.25, 0.3) is 0 Å². The van der Waals surface area contributed by atoms with E-state index in [-0.39, 0.29) is 5.75 Å². The van der Waals surface area contributed by atoms with Crippen molar-refractivity contribution in [2.45, 2.75) is 38.8 Å². The van der Waals surface area contributed by atoms with Gasteiger partial charge in [-0.05, 0) is 56.0 Å². The Morgan fingerprint density at radius 2 is 2.26 bits per heavy atom. The summed E-state index contributed by atoms with van der Waals surface area (Å²) in [6, 6.07) is 5.12. The summed E-state index contributed by atoms with van der Waals surface area (Å²) in [6.07, 6.45) is 3.07. The van der Waals surface area contributed by atoms with E-state index in [4.69, 9.17) is 17.3 Å². The van der Waals surface area contributed by atoms with Crippen LogP contribution in [-0.2, 0) is 6.42 Å². The lowest BCUT2D eigenvalue weighted by Gasteiger charge is -2.43. The van der Waals surface area contributed by atoms with E-state index in [0.717, 1.165) is 18.7 Å². The van der Waals surface area contributed by atoms with Gasteiger partial charge in [0.25, 0.3) is 0 Å². The summed E-state index contributed by atoms with van der Waals surface area (Å²) in [5.41, 5.74) is 6.84. The number of piperidine rings is 1. The molecule has 0 spiro atoms. The zero-order chi connectivity index (χ0) is 14.0. The Morgan fingerprint density at radius 3 is 2.95 bits per heavy atom. The molecular weight excluding hydrogens is 260 g/mol. The van der Waals surface area contributed by atoms with Crippen molar-refractivity contribution < 1.29 is 5.11 Å². The van der Waals surface area contributed by atoms with E-state index in [1.165, 1.54) is 12.8 Å². The highest BCUT2D eigenvalue weighted by Crippen LogP contribution is 2.28. The van der Waals surface area contributed by atoms with Crippen LogP contribution in [0.2, 0.25) is 5.02 Å². The number of hydrogen-bond donors (Lipinski definition) is 2. The molecule has 3 N–H and O–H groups in total. The predicted molar refractivity (Wildman–Crippen MR) is 79.4 cm³/mol. The summed E-state index contributed by atoms with van der Waals surface area (Å²) < 4.78 is 0. The zero-order valence-corrected chi connectivity index (χ0v) is 12.5. The van der Waals surface area contributed by atoms with Crippen molar-refractivity contribution in [3.05, 3.63) is 28.8 Å². The standard InChI is InChI=1S/C15H23ClN2O/c1-11-4-3-7-18(10-11)15(2,17)9-12-8-13(16)5-6-14(12)19/h5-6,8,11,19H,3-4,7,9-10,17H2,1-2H3. The number of phenolic OH excluding ortho intramolecular Hbond substituents is 1. The number of phenols is 1. The van der Waals surface area contributed by atoms with Crippen molar-refractivity contribution in [2.75, 3.05) is 13.1 Å². The number of halogens is 1. The second-order valence-corrected chi connectivity index (χ2v) is 6.44. The number of hydrogen-bond acceptors (Lipinski definition) is 3. The van der Waals surface area contributed by atoms with Gasteiger partial charge in [0.05, 0.1) is 5.66 Å². The van der Waals surface area contributed by atoms with E-state index in [2.05, 4.69) is 11.8 Å². The topological polar surface area (TPSA) is 49.5 Å². The van der Waals surface area contributed by atoms with E-state index < -0.39 is 5.66 Å². The highest BCUT2D eigenvalue weighted by molar-refractivity contribution is 6.30. The Bertz CT molecular complexity index is 448. The normalized spacial score (nSPS) is 24.1. The second-order valence-electron chi connectivity index (χ2n) is 6.00. The third-order valence-corrected chi connectivity index (χ3v) is 4.20. The van der Waals surface area contributed by atoms with Crippen LogP contribution >= 0.6 is 11.6 Å². The van der Waals surface area contributed by atoms with Gasteiger partial charge in [-0.1, -0.05) is 18.5 Å². The molecular formula is C15H23ClN2O.